The lowest BCUT2D eigenvalue weighted by molar-refractivity contribution is 0.292. The molecule has 0 aliphatic heterocycles. The molecule has 0 spiro atoms. The van der Waals surface area contributed by atoms with Gasteiger partial charge in [-0.25, -0.2) is 8.42 Å². The van der Waals surface area contributed by atoms with Gasteiger partial charge in [0.25, 0.3) is 0 Å². The Bertz CT molecular complexity index is 464. The summed E-state index contributed by atoms with van der Waals surface area (Å²) in [6, 6.07) is 11.2. The van der Waals surface area contributed by atoms with Gasteiger partial charge in [0.2, 0.25) is 0 Å². The maximum Gasteiger partial charge on any atom is 0.147 e. The van der Waals surface area contributed by atoms with Gasteiger partial charge in [0.15, 0.2) is 0 Å². The van der Waals surface area contributed by atoms with Crippen LogP contribution < -0.4 is 5.32 Å². The largest absolute Gasteiger partial charge is 0.314 e. The van der Waals surface area contributed by atoms with Crippen molar-refractivity contribution in [2.45, 2.75) is 31.2 Å². The first kappa shape index (κ1) is 13.6. The zero-order chi connectivity index (χ0) is 13.0. The van der Waals surface area contributed by atoms with Crippen LogP contribution in [-0.4, -0.2) is 33.0 Å². The van der Waals surface area contributed by atoms with E-state index in [1.807, 2.05) is 6.07 Å². The van der Waals surface area contributed by atoms with Crippen molar-refractivity contribution in [3.05, 3.63) is 35.9 Å². The molecule has 0 bridgehead atoms. The maximum absolute atomic E-state index is 11.0. The predicted octanol–water partition coefficient (Wildman–Crippen LogP) is 1.96. The van der Waals surface area contributed by atoms with Gasteiger partial charge in [-0.05, 0) is 37.3 Å². The molecule has 1 N–H and O–H groups in total. The van der Waals surface area contributed by atoms with Gasteiger partial charge >= 0.3 is 0 Å². The summed E-state index contributed by atoms with van der Waals surface area (Å²) in [5.41, 5.74) is 1.42. The van der Waals surface area contributed by atoms with E-state index >= 15 is 0 Å². The molecule has 18 heavy (non-hydrogen) atoms. The molecule has 3 nitrogen and oxygen atoms in total. The number of hydrogen-bond donors (Lipinski definition) is 1. The highest BCUT2D eigenvalue weighted by atomic mass is 32.2. The fourth-order valence-electron chi connectivity index (χ4n) is 2.42. The lowest BCUT2D eigenvalue weighted by Gasteiger charge is -2.36. The molecule has 1 aliphatic rings. The summed E-state index contributed by atoms with van der Waals surface area (Å²) >= 11 is 0. The van der Waals surface area contributed by atoms with Crippen LogP contribution in [0.15, 0.2) is 30.3 Å². The topological polar surface area (TPSA) is 46.2 Å². The Hall–Kier alpha value is -0.870. The summed E-state index contributed by atoms with van der Waals surface area (Å²) < 4.78 is 21.9. The average molecular weight is 267 g/mol. The van der Waals surface area contributed by atoms with E-state index in [4.69, 9.17) is 0 Å². The second kappa shape index (κ2) is 5.85. The van der Waals surface area contributed by atoms with Crippen molar-refractivity contribution >= 4 is 9.84 Å². The van der Waals surface area contributed by atoms with E-state index in [0.717, 1.165) is 6.54 Å². The van der Waals surface area contributed by atoms with E-state index in [1.54, 1.807) is 0 Å². The van der Waals surface area contributed by atoms with Crippen molar-refractivity contribution in [2.75, 3.05) is 18.6 Å². The molecule has 0 unspecified atom stereocenters. The van der Waals surface area contributed by atoms with Gasteiger partial charge in [-0.3, -0.25) is 0 Å². The van der Waals surface area contributed by atoms with Crippen molar-refractivity contribution in [1.29, 1.82) is 0 Å². The second-order valence-electron chi connectivity index (χ2n) is 5.21. The van der Waals surface area contributed by atoms with Crippen molar-refractivity contribution in [3.8, 4) is 0 Å². The summed E-state index contributed by atoms with van der Waals surface area (Å²) in [7, 11) is -2.80. The van der Waals surface area contributed by atoms with Crippen LogP contribution in [0.25, 0.3) is 0 Å². The molecule has 0 atom stereocenters. The van der Waals surface area contributed by atoms with Crippen LogP contribution in [0.4, 0.5) is 0 Å². The normalized spacial score (nSPS) is 23.6. The minimum absolute atomic E-state index is 0.287. The minimum atomic E-state index is -2.80. The Morgan fingerprint density at radius 1 is 1.22 bits per heavy atom. The molecule has 0 heterocycles. The zero-order valence-electron chi connectivity index (χ0n) is 10.8. The standard InChI is InChI=1S/C14H21NO2S/c1-18(16,17)9-5-8-15-14-10-13(11-14)12-6-3-2-4-7-12/h2-4,6-7,13-15H,5,8-11H2,1H3. The molecule has 1 aromatic carbocycles. The molecule has 0 radical (unpaired) electrons. The van der Waals surface area contributed by atoms with Gasteiger partial charge in [-0.1, -0.05) is 30.3 Å². The smallest absolute Gasteiger partial charge is 0.147 e. The van der Waals surface area contributed by atoms with E-state index in [0.29, 0.717) is 18.4 Å². The minimum Gasteiger partial charge on any atom is -0.314 e. The van der Waals surface area contributed by atoms with E-state index in [2.05, 4.69) is 29.6 Å². The van der Waals surface area contributed by atoms with Crippen molar-refractivity contribution in [1.82, 2.24) is 5.32 Å². The Morgan fingerprint density at radius 2 is 1.89 bits per heavy atom. The highest BCUT2D eigenvalue weighted by Crippen LogP contribution is 2.36. The molecule has 1 aliphatic carbocycles. The molecule has 0 saturated heterocycles. The van der Waals surface area contributed by atoms with E-state index in [1.165, 1.54) is 24.7 Å². The number of nitrogens with one attached hydrogen (secondary N) is 1. The molecule has 4 heteroatoms. The summed E-state index contributed by atoms with van der Waals surface area (Å²) in [5.74, 6) is 0.966. The average Bonchev–Trinajstić information content (AvgIpc) is 2.26. The number of sulfone groups is 1. The van der Waals surface area contributed by atoms with Gasteiger partial charge < -0.3 is 5.32 Å². The zero-order valence-corrected chi connectivity index (χ0v) is 11.6. The Labute approximate surface area is 110 Å². The molecule has 0 amide bonds. The van der Waals surface area contributed by atoms with E-state index < -0.39 is 9.84 Å². The van der Waals surface area contributed by atoms with Crippen LogP contribution in [0.2, 0.25) is 0 Å². The Morgan fingerprint density at radius 3 is 2.50 bits per heavy atom. The highest BCUT2D eigenvalue weighted by molar-refractivity contribution is 7.90. The van der Waals surface area contributed by atoms with E-state index in [9.17, 15) is 8.42 Å². The third-order valence-electron chi connectivity index (χ3n) is 3.53. The number of benzene rings is 1. The van der Waals surface area contributed by atoms with Crippen LogP contribution in [0.1, 0.15) is 30.7 Å². The van der Waals surface area contributed by atoms with Gasteiger partial charge in [-0.2, -0.15) is 0 Å². The third kappa shape index (κ3) is 4.10. The lowest BCUT2D eigenvalue weighted by atomic mass is 9.76. The molecule has 100 valence electrons. The van der Waals surface area contributed by atoms with Gasteiger partial charge in [0.05, 0.1) is 5.75 Å². The highest BCUT2D eigenvalue weighted by Gasteiger charge is 2.29. The predicted molar refractivity (Wildman–Crippen MR) is 74.5 cm³/mol. The third-order valence-corrected chi connectivity index (χ3v) is 4.56. The molecule has 1 fully saturated rings. The monoisotopic (exact) mass is 267 g/mol. The second-order valence-corrected chi connectivity index (χ2v) is 7.47. The van der Waals surface area contributed by atoms with Gasteiger partial charge in [-0.15, -0.1) is 0 Å². The maximum atomic E-state index is 11.0. The van der Waals surface area contributed by atoms with Crippen molar-refractivity contribution in [3.63, 3.8) is 0 Å². The fourth-order valence-corrected chi connectivity index (χ4v) is 3.09. The molecule has 2 rings (SSSR count). The number of rotatable bonds is 6. The van der Waals surface area contributed by atoms with Gasteiger partial charge in [0.1, 0.15) is 9.84 Å². The first-order chi connectivity index (χ1) is 8.54. The van der Waals surface area contributed by atoms with Crippen LogP contribution in [0.3, 0.4) is 0 Å². The quantitative estimate of drug-likeness (QED) is 0.801. The van der Waals surface area contributed by atoms with Crippen LogP contribution in [0, 0.1) is 0 Å². The van der Waals surface area contributed by atoms with Crippen LogP contribution in [0.5, 0.6) is 0 Å². The van der Waals surface area contributed by atoms with Crippen molar-refractivity contribution in [2.24, 2.45) is 0 Å². The van der Waals surface area contributed by atoms with Crippen LogP contribution in [-0.2, 0) is 9.84 Å². The lowest BCUT2D eigenvalue weighted by Crippen LogP contribution is -2.40. The van der Waals surface area contributed by atoms with Crippen LogP contribution >= 0.6 is 0 Å². The molecule has 1 saturated carbocycles. The van der Waals surface area contributed by atoms with Crippen molar-refractivity contribution < 1.29 is 8.42 Å². The first-order valence-corrected chi connectivity index (χ1v) is 8.57. The first-order valence-electron chi connectivity index (χ1n) is 6.50. The SMILES string of the molecule is CS(=O)(=O)CCCNC1CC(c2ccccc2)C1. The molecular weight excluding hydrogens is 246 g/mol. The Balaban J connectivity index is 1.62. The summed E-state index contributed by atoms with van der Waals surface area (Å²) in [6.45, 7) is 0.805. The fraction of sp³-hybridized carbons (Fsp3) is 0.571. The number of hydrogen-bond acceptors (Lipinski definition) is 3. The van der Waals surface area contributed by atoms with Gasteiger partial charge in [0, 0.05) is 12.3 Å². The summed E-state index contributed by atoms with van der Waals surface area (Å²) in [5, 5.41) is 3.43. The van der Waals surface area contributed by atoms with E-state index in [-0.39, 0.29) is 5.75 Å². The molecular formula is C14H21NO2S. The molecule has 0 aromatic heterocycles. The Kier molecular flexibility index (Phi) is 4.40. The summed E-state index contributed by atoms with van der Waals surface area (Å²) in [6.07, 6.45) is 4.35. The summed E-state index contributed by atoms with van der Waals surface area (Å²) in [4.78, 5) is 0. The molecule has 1 aromatic rings.